The second-order valence-electron chi connectivity index (χ2n) is 2.20. The van der Waals surface area contributed by atoms with E-state index in [9.17, 15) is 9.00 Å². The Hall–Kier alpha value is -0.380. The van der Waals surface area contributed by atoms with Crippen LogP contribution < -0.4 is 5.73 Å². The zero-order valence-corrected chi connectivity index (χ0v) is 5.94. The number of carbonyl (C=O) groups is 1. The molecule has 0 aliphatic carbocycles. The lowest BCUT2D eigenvalue weighted by atomic mass is 10.8. The highest BCUT2D eigenvalue weighted by Crippen LogP contribution is 1.88. The van der Waals surface area contributed by atoms with Gasteiger partial charge < -0.3 is 5.73 Å². The highest BCUT2D eigenvalue weighted by atomic mass is 32.2. The summed E-state index contributed by atoms with van der Waals surface area (Å²) in [7, 11) is -2.20. The third-order valence-electron chi connectivity index (χ3n) is 0.537. The zero-order chi connectivity index (χ0) is 6.78. The Bertz CT molecular complexity index is 137. The molecule has 0 bridgehead atoms. The second-order valence-corrected chi connectivity index (χ2v) is 5.66. The molecule has 0 aliphatic rings. The van der Waals surface area contributed by atoms with Gasteiger partial charge in [-0.3, -0.25) is 9.00 Å². The van der Waals surface area contributed by atoms with Gasteiger partial charge in [-0.15, -0.1) is 9.93 Å². The standard InChI is InChI=1S/C4H11NO2S/c1-8(2,7)3-4(5)6/h8H,3H2,1-2H3,(H2,5,6). The van der Waals surface area contributed by atoms with E-state index >= 15 is 0 Å². The van der Waals surface area contributed by atoms with E-state index in [2.05, 4.69) is 0 Å². The van der Waals surface area contributed by atoms with E-state index in [1.54, 1.807) is 0 Å². The van der Waals surface area contributed by atoms with Gasteiger partial charge in [0.1, 0.15) is 0 Å². The van der Waals surface area contributed by atoms with E-state index in [-0.39, 0.29) is 5.75 Å². The molecule has 0 saturated heterocycles. The largest absolute Gasteiger partial charge is 0.369 e. The van der Waals surface area contributed by atoms with Gasteiger partial charge in [-0.05, 0) is 12.5 Å². The number of thiol groups is 1. The van der Waals surface area contributed by atoms with Gasteiger partial charge >= 0.3 is 0 Å². The molecule has 0 aromatic carbocycles. The van der Waals surface area contributed by atoms with Crippen LogP contribution in [-0.4, -0.2) is 28.4 Å². The van der Waals surface area contributed by atoms with Crippen LogP contribution in [0.1, 0.15) is 0 Å². The summed E-state index contributed by atoms with van der Waals surface area (Å²) in [5.74, 6) is -0.467. The van der Waals surface area contributed by atoms with Gasteiger partial charge in [-0.1, -0.05) is 0 Å². The van der Waals surface area contributed by atoms with Gasteiger partial charge in [0, 0.05) is 0 Å². The van der Waals surface area contributed by atoms with Gasteiger partial charge in [-0.2, -0.15) is 0 Å². The zero-order valence-electron chi connectivity index (χ0n) is 5.05. The lowest BCUT2D eigenvalue weighted by Gasteiger charge is -2.06. The van der Waals surface area contributed by atoms with Crippen LogP contribution >= 0.6 is 0 Å². The summed E-state index contributed by atoms with van der Waals surface area (Å²) in [5.41, 5.74) is 4.77. The first-order valence-corrected chi connectivity index (χ1v) is 5.03. The molecule has 0 radical (unpaired) electrons. The lowest BCUT2D eigenvalue weighted by Crippen LogP contribution is -2.25. The Kier molecular flexibility index (Phi) is 2.15. The molecular weight excluding hydrogens is 126 g/mol. The minimum atomic E-state index is -2.20. The van der Waals surface area contributed by atoms with Crippen molar-refractivity contribution in [3.05, 3.63) is 0 Å². The summed E-state index contributed by atoms with van der Waals surface area (Å²) in [5, 5.41) is 0. The Morgan fingerprint density at radius 1 is 1.62 bits per heavy atom. The monoisotopic (exact) mass is 137 g/mol. The molecule has 0 atom stereocenters. The van der Waals surface area contributed by atoms with Crippen LogP contribution in [0.25, 0.3) is 0 Å². The van der Waals surface area contributed by atoms with Crippen LogP contribution in [0.15, 0.2) is 0 Å². The first kappa shape index (κ1) is 7.62. The molecule has 0 fully saturated rings. The third-order valence-corrected chi connectivity index (χ3v) is 1.61. The molecule has 0 aliphatic heterocycles. The van der Waals surface area contributed by atoms with Crippen molar-refractivity contribution < 1.29 is 9.00 Å². The first-order chi connectivity index (χ1) is 3.42. The smallest absolute Gasteiger partial charge is 0.228 e. The molecule has 4 heteroatoms. The van der Waals surface area contributed by atoms with Gasteiger partial charge in [-0.25, -0.2) is 0 Å². The van der Waals surface area contributed by atoms with Crippen LogP contribution in [0.2, 0.25) is 0 Å². The second kappa shape index (κ2) is 2.26. The van der Waals surface area contributed by atoms with Crippen LogP contribution in [0.5, 0.6) is 0 Å². The molecule has 0 unspecified atom stereocenters. The van der Waals surface area contributed by atoms with Crippen molar-refractivity contribution in [1.29, 1.82) is 0 Å². The minimum Gasteiger partial charge on any atom is -0.369 e. The Morgan fingerprint density at radius 3 is 2.00 bits per heavy atom. The number of primary amides is 1. The molecule has 3 nitrogen and oxygen atoms in total. The summed E-state index contributed by atoms with van der Waals surface area (Å²) in [6.45, 7) is 0. The average molecular weight is 137 g/mol. The number of hydrogen-bond donors (Lipinski definition) is 2. The normalized spacial score (nSPS) is 13.2. The molecule has 0 spiro atoms. The summed E-state index contributed by atoms with van der Waals surface area (Å²) < 4.78 is 10.7. The predicted molar refractivity (Wildman–Crippen MR) is 35.4 cm³/mol. The number of carbonyl (C=O) groups excluding carboxylic acids is 1. The van der Waals surface area contributed by atoms with Gasteiger partial charge in [0.05, 0.1) is 5.75 Å². The molecule has 0 aromatic heterocycles. The molecule has 1 amide bonds. The summed E-state index contributed by atoms with van der Waals surface area (Å²) in [6, 6.07) is 0. The quantitative estimate of drug-likeness (QED) is 0.467. The maximum atomic E-state index is 10.7. The van der Waals surface area contributed by atoms with Crippen molar-refractivity contribution in [2.75, 3.05) is 18.3 Å². The lowest BCUT2D eigenvalue weighted by molar-refractivity contribution is -0.115. The Balaban J connectivity index is 3.74. The fourth-order valence-corrected chi connectivity index (χ4v) is 1.13. The summed E-state index contributed by atoms with van der Waals surface area (Å²) >= 11 is 0. The van der Waals surface area contributed by atoms with Gasteiger partial charge in [0.25, 0.3) is 0 Å². The van der Waals surface area contributed by atoms with Crippen LogP contribution in [0, 0.1) is 0 Å². The van der Waals surface area contributed by atoms with E-state index in [0.717, 1.165) is 0 Å². The molecule has 0 aromatic rings. The van der Waals surface area contributed by atoms with Crippen LogP contribution in [0.3, 0.4) is 0 Å². The highest BCUT2D eigenvalue weighted by molar-refractivity contribution is 8.02. The summed E-state index contributed by atoms with van der Waals surface area (Å²) in [6.07, 6.45) is 3.08. The molecular formula is C4H11NO2S. The van der Waals surface area contributed by atoms with Crippen LogP contribution in [0.4, 0.5) is 0 Å². The molecule has 0 heterocycles. The average Bonchev–Trinajstić information content (AvgIpc) is 1.21. The van der Waals surface area contributed by atoms with Crippen molar-refractivity contribution >= 4 is 15.8 Å². The van der Waals surface area contributed by atoms with Crippen molar-refractivity contribution in [3.8, 4) is 0 Å². The fraction of sp³-hybridized carbons (Fsp3) is 0.750. The number of rotatable bonds is 2. The molecule has 2 N–H and O–H groups in total. The minimum absolute atomic E-state index is 0.0208. The number of nitrogens with two attached hydrogens (primary N) is 1. The molecule has 50 valence electrons. The van der Waals surface area contributed by atoms with Crippen molar-refractivity contribution in [3.63, 3.8) is 0 Å². The van der Waals surface area contributed by atoms with E-state index in [0.29, 0.717) is 0 Å². The van der Waals surface area contributed by atoms with Gasteiger partial charge in [0.2, 0.25) is 5.91 Å². The first-order valence-electron chi connectivity index (χ1n) is 2.24. The maximum absolute atomic E-state index is 10.7. The van der Waals surface area contributed by atoms with Gasteiger partial charge in [0.15, 0.2) is 0 Å². The van der Waals surface area contributed by atoms with E-state index in [1.165, 1.54) is 12.5 Å². The molecule has 0 saturated carbocycles. The topological polar surface area (TPSA) is 60.2 Å². The van der Waals surface area contributed by atoms with Crippen molar-refractivity contribution in [2.24, 2.45) is 5.73 Å². The Labute approximate surface area is 49.7 Å². The third kappa shape index (κ3) is 5.62. The van der Waals surface area contributed by atoms with E-state index < -0.39 is 15.8 Å². The molecule has 0 rings (SSSR count). The number of hydrogen-bond acceptors (Lipinski definition) is 2. The predicted octanol–water partition coefficient (Wildman–Crippen LogP) is -1.25. The number of amides is 1. The maximum Gasteiger partial charge on any atom is 0.228 e. The van der Waals surface area contributed by atoms with Crippen molar-refractivity contribution in [1.82, 2.24) is 0 Å². The summed E-state index contributed by atoms with van der Waals surface area (Å²) in [4.78, 5) is 10.1. The van der Waals surface area contributed by atoms with E-state index in [1.807, 2.05) is 0 Å². The SMILES string of the molecule is C[SH](C)(=O)CC(N)=O. The van der Waals surface area contributed by atoms with Crippen LogP contribution in [-0.2, 0) is 14.7 Å². The fourth-order valence-electron chi connectivity index (χ4n) is 0.375. The van der Waals surface area contributed by atoms with Crippen molar-refractivity contribution in [2.45, 2.75) is 0 Å². The Morgan fingerprint density at radius 2 is 2.00 bits per heavy atom. The van der Waals surface area contributed by atoms with E-state index in [4.69, 9.17) is 5.73 Å². The highest BCUT2D eigenvalue weighted by Gasteiger charge is 2.03. The molecule has 8 heavy (non-hydrogen) atoms.